The van der Waals surface area contributed by atoms with Crippen molar-refractivity contribution in [3.8, 4) is 0 Å². The highest BCUT2D eigenvalue weighted by atomic mass is 19.1. The molecular formula is C21H25FN2O4. The van der Waals surface area contributed by atoms with Crippen LogP contribution in [0.25, 0.3) is 0 Å². The third-order valence-electron chi connectivity index (χ3n) is 5.34. The molecule has 1 atom stereocenters. The first-order valence-electron chi connectivity index (χ1n) is 9.63. The number of hydrogen-bond acceptors (Lipinski definition) is 4. The molecule has 1 aromatic rings. The van der Waals surface area contributed by atoms with E-state index in [1.54, 1.807) is 30.9 Å². The van der Waals surface area contributed by atoms with Crippen LogP contribution in [0.2, 0.25) is 0 Å². The quantitative estimate of drug-likeness (QED) is 0.728. The Morgan fingerprint density at radius 3 is 2.43 bits per heavy atom. The normalized spacial score (nSPS) is 20.0. The lowest BCUT2D eigenvalue weighted by molar-refractivity contribution is -0.142. The highest BCUT2D eigenvalue weighted by Crippen LogP contribution is 2.37. The molecule has 1 saturated heterocycles. The van der Waals surface area contributed by atoms with E-state index in [1.165, 1.54) is 17.0 Å². The summed E-state index contributed by atoms with van der Waals surface area (Å²) < 4.78 is 18.5. The number of carbonyl (C=O) groups excluding carboxylic acids is 3. The van der Waals surface area contributed by atoms with Gasteiger partial charge >= 0.3 is 5.97 Å². The Balaban J connectivity index is 1.94. The van der Waals surface area contributed by atoms with Gasteiger partial charge in [-0.15, -0.1) is 0 Å². The lowest BCUT2D eigenvalue weighted by Gasteiger charge is -2.34. The highest BCUT2D eigenvalue weighted by molar-refractivity contribution is 5.97. The van der Waals surface area contributed by atoms with Gasteiger partial charge in [-0.3, -0.25) is 9.59 Å². The molecule has 6 nitrogen and oxygen atoms in total. The van der Waals surface area contributed by atoms with Gasteiger partial charge in [0.1, 0.15) is 12.4 Å². The van der Waals surface area contributed by atoms with Crippen LogP contribution in [-0.4, -0.2) is 53.8 Å². The van der Waals surface area contributed by atoms with E-state index in [1.807, 2.05) is 0 Å². The molecule has 0 spiro atoms. The van der Waals surface area contributed by atoms with E-state index in [2.05, 4.69) is 0 Å². The zero-order valence-corrected chi connectivity index (χ0v) is 16.2. The van der Waals surface area contributed by atoms with E-state index in [0.717, 1.165) is 12.8 Å². The van der Waals surface area contributed by atoms with Crippen LogP contribution in [0, 0.1) is 5.82 Å². The first-order chi connectivity index (χ1) is 13.4. The van der Waals surface area contributed by atoms with Gasteiger partial charge in [-0.25, -0.2) is 9.18 Å². The van der Waals surface area contributed by atoms with Crippen LogP contribution >= 0.6 is 0 Å². The maximum atomic E-state index is 13.3. The summed E-state index contributed by atoms with van der Waals surface area (Å²) in [6.45, 7) is 4.90. The van der Waals surface area contributed by atoms with Crippen molar-refractivity contribution in [2.75, 3.05) is 26.2 Å². The first kappa shape index (κ1) is 20.0. The van der Waals surface area contributed by atoms with Crippen molar-refractivity contribution < 1.29 is 23.5 Å². The highest BCUT2D eigenvalue weighted by Gasteiger charge is 2.38. The van der Waals surface area contributed by atoms with Crippen molar-refractivity contribution >= 4 is 17.8 Å². The van der Waals surface area contributed by atoms with E-state index in [0.29, 0.717) is 29.9 Å². The van der Waals surface area contributed by atoms with Crippen molar-refractivity contribution in [2.24, 2.45) is 0 Å². The van der Waals surface area contributed by atoms with Gasteiger partial charge in [0.05, 0.1) is 12.2 Å². The number of benzene rings is 1. The Bertz CT molecular complexity index is 797. The van der Waals surface area contributed by atoms with Crippen LogP contribution in [0.4, 0.5) is 4.39 Å². The standard InChI is InChI=1S/C21H25FN2O4/c1-3-28-21(27)20-14(2)24(13-19(26)23-10-4-5-11-23)18(25)12-17(20)15-6-8-16(22)9-7-15/h6-9,17H,3-5,10-13H2,1-2H3. The number of carbonyl (C=O) groups is 3. The average Bonchev–Trinajstić information content (AvgIpc) is 3.20. The number of likely N-dealkylation sites (tertiary alicyclic amines) is 1. The number of rotatable bonds is 5. The molecule has 2 amide bonds. The molecule has 0 aliphatic carbocycles. The molecule has 1 unspecified atom stereocenters. The maximum Gasteiger partial charge on any atom is 0.336 e. The lowest BCUT2D eigenvalue weighted by Crippen LogP contribution is -2.44. The van der Waals surface area contributed by atoms with Gasteiger partial charge < -0.3 is 14.5 Å². The Morgan fingerprint density at radius 2 is 1.82 bits per heavy atom. The lowest BCUT2D eigenvalue weighted by atomic mass is 9.83. The number of allylic oxidation sites excluding steroid dienone is 1. The third-order valence-corrected chi connectivity index (χ3v) is 5.34. The van der Waals surface area contributed by atoms with Crippen LogP contribution in [0.1, 0.15) is 44.6 Å². The van der Waals surface area contributed by atoms with Gasteiger partial charge in [-0.05, 0) is 44.4 Å². The molecule has 150 valence electrons. The summed E-state index contributed by atoms with van der Waals surface area (Å²) in [5, 5.41) is 0. The van der Waals surface area contributed by atoms with Gasteiger partial charge in [0.15, 0.2) is 0 Å². The molecule has 2 heterocycles. The van der Waals surface area contributed by atoms with Crippen LogP contribution in [-0.2, 0) is 19.1 Å². The molecule has 0 aromatic heterocycles. The predicted octanol–water partition coefficient (Wildman–Crippen LogP) is 2.60. The van der Waals surface area contributed by atoms with Crippen molar-refractivity contribution in [3.05, 3.63) is 46.9 Å². The third kappa shape index (κ3) is 4.08. The molecule has 2 aliphatic heterocycles. The first-order valence-corrected chi connectivity index (χ1v) is 9.63. The predicted molar refractivity (Wildman–Crippen MR) is 101 cm³/mol. The number of amides is 2. The second kappa shape index (κ2) is 8.54. The minimum atomic E-state index is -0.523. The molecule has 0 saturated carbocycles. The number of esters is 1. The van der Waals surface area contributed by atoms with E-state index >= 15 is 0 Å². The molecule has 2 aliphatic rings. The number of hydrogen-bond donors (Lipinski definition) is 0. The Morgan fingerprint density at radius 1 is 1.18 bits per heavy atom. The molecule has 1 aromatic carbocycles. The molecule has 0 radical (unpaired) electrons. The molecule has 0 N–H and O–H groups in total. The summed E-state index contributed by atoms with van der Waals surface area (Å²) in [7, 11) is 0. The zero-order valence-electron chi connectivity index (χ0n) is 16.2. The summed E-state index contributed by atoms with van der Waals surface area (Å²) in [5.74, 6) is -1.77. The van der Waals surface area contributed by atoms with Crippen molar-refractivity contribution in [2.45, 2.75) is 39.0 Å². The van der Waals surface area contributed by atoms with E-state index < -0.39 is 11.9 Å². The Kier molecular flexibility index (Phi) is 6.11. The average molecular weight is 388 g/mol. The summed E-state index contributed by atoms with van der Waals surface area (Å²) >= 11 is 0. The van der Waals surface area contributed by atoms with Crippen molar-refractivity contribution in [1.29, 1.82) is 0 Å². The molecule has 3 rings (SSSR count). The summed E-state index contributed by atoms with van der Waals surface area (Å²) in [4.78, 5) is 41.2. The van der Waals surface area contributed by atoms with Gasteiger partial charge in [0.2, 0.25) is 11.8 Å². The molecule has 1 fully saturated rings. The smallest absolute Gasteiger partial charge is 0.336 e. The zero-order chi connectivity index (χ0) is 20.3. The van der Waals surface area contributed by atoms with Crippen LogP contribution in [0.5, 0.6) is 0 Å². The topological polar surface area (TPSA) is 66.9 Å². The molecule has 28 heavy (non-hydrogen) atoms. The number of ether oxygens (including phenoxy) is 1. The Labute approximate surface area is 163 Å². The van der Waals surface area contributed by atoms with Gasteiger partial charge in [0.25, 0.3) is 0 Å². The van der Waals surface area contributed by atoms with E-state index in [-0.39, 0.29) is 37.2 Å². The van der Waals surface area contributed by atoms with E-state index in [9.17, 15) is 18.8 Å². The fraction of sp³-hybridized carbons (Fsp3) is 0.476. The Hall–Kier alpha value is -2.70. The summed E-state index contributed by atoms with van der Waals surface area (Å²) in [6.07, 6.45) is 1.97. The number of nitrogens with zero attached hydrogens (tertiary/aromatic N) is 2. The van der Waals surface area contributed by atoms with Crippen molar-refractivity contribution in [3.63, 3.8) is 0 Å². The van der Waals surface area contributed by atoms with Crippen LogP contribution in [0.15, 0.2) is 35.5 Å². The van der Waals surface area contributed by atoms with E-state index in [4.69, 9.17) is 4.74 Å². The minimum Gasteiger partial charge on any atom is -0.463 e. The minimum absolute atomic E-state index is 0.0321. The fourth-order valence-corrected chi connectivity index (χ4v) is 3.86. The fourth-order valence-electron chi connectivity index (χ4n) is 3.86. The number of halogens is 1. The largest absolute Gasteiger partial charge is 0.463 e. The summed E-state index contributed by atoms with van der Waals surface area (Å²) in [5.41, 5.74) is 1.45. The van der Waals surface area contributed by atoms with Gasteiger partial charge in [-0.1, -0.05) is 12.1 Å². The molecular weight excluding hydrogens is 363 g/mol. The van der Waals surface area contributed by atoms with Gasteiger partial charge in [-0.2, -0.15) is 0 Å². The van der Waals surface area contributed by atoms with Crippen molar-refractivity contribution in [1.82, 2.24) is 9.80 Å². The monoisotopic (exact) mass is 388 g/mol. The molecule has 7 heteroatoms. The maximum absolute atomic E-state index is 13.3. The SMILES string of the molecule is CCOC(=O)C1=C(C)N(CC(=O)N2CCCC2)C(=O)CC1c1ccc(F)cc1. The summed E-state index contributed by atoms with van der Waals surface area (Å²) in [6, 6.07) is 5.76. The van der Waals surface area contributed by atoms with Crippen LogP contribution < -0.4 is 0 Å². The second-order valence-corrected chi connectivity index (χ2v) is 7.10. The van der Waals surface area contributed by atoms with Gasteiger partial charge in [0, 0.05) is 31.1 Å². The molecule has 0 bridgehead atoms. The second-order valence-electron chi connectivity index (χ2n) is 7.10. The van der Waals surface area contributed by atoms with Crippen LogP contribution in [0.3, 0.4) is 0 Å².